The van der Waals surface area contributed by atoms with E-state index in [-0.39, 0.29) is 0 Å². The Morgan fingerprint density at radius 2 is 1.61 bits per heavy atom. The van der Waals surface area contributed by atoms with Gasteiger partial charge in [0, 0.05) is 58.6 Å². The normalized spacial score (nSPS) is 20.3. The Hall–Kier alpha value is -1.70. The van der Waals surface area contributed by atoms with E-state index in [2.05, 4.69) is 49.1 Å². The molecule has 7 heteroatoms. The molecule has 2 aliphatic heterocycles. The molecule has 2 saturated heterocycles. The molecule has 0 atom stereocenters. The number of piperazine rings is 2. The first kappa shape index (κ1) is 16.2. The Bertz CT molecular complexity index is 597. The standard InChI is InChI=1S/C11H15N5.C5H12N2/c1-15-4-6-16(7-5-15)11-9-2-3-12-10(9)13-8-14-11;1-7-4-2-6-3-5-7/h2-3,8H,4-7H2,1H3,(H,12,13,14);6H,2-5H2,1H3. The Morgan fingerprint density at radius 1 is 0.913 bits per heavy atom. The molecule has 2 aromatic rings. The van der Waals surface area contributed by atoms with E-state index >= 15 is 0 Å². The maximum absolute atomic E-state index is 4.40. The van der Waals surface area contributed by atoms with Crippen LogP contribution >= 0.6 is 0 Å². The third kappa shape index (κ3) is 4.19. The topological polar surface area (TPSA) is 63.3 Å². The maximum atomic E-state index is 4.40. The average Bonchev–Trinajstić information content (AvgIpc) is 3.06. The number of anilines is 1. The highest BCUT2D eigenvalue weighted by Crippen LogP contribution is 2.22. The fourth-order valence-corrected chi connectivity index (χ4v) is 2.91. The van der Waals surface area contributed by atoms with Crippen molar-refractivity contribution in [1.29, 1.82) is 0 Å². The van der Waals surface area contributed by atoms with Gasteiger partial charge in [-0.1, -0.05) is 0 Å². The van der Waals surface area contributed by atoms with Gasteiger partial charge >= 0.3 is 0 Å². The summed E-state index contributed by atoms with van der Waals surface area (Å²) < 4.78 is 0. The lowest BCUT2D eigenvalue weighted by molar-refractivity contribution is 0.291. The number of hydrogen-bond donors (Lipinski definition) is 2. The molecule has 126 valence electrons. The van der Waals surface area contributed by atoms with Gasteiger partial charge in [-0.2, -0.15) is 0 Å². The minimum Gasteiger partial charge on any atom is -0.353 e. The zero-order chi connectivity index (χ0) is 16.1. The van der Waals surface area contributed by atoms with E-state index in [0.29, 0.717) is 0 Å². The van der Waals surface area contributed by atoms with Crippen LogP contribution in [-0.2, 0) is 0 Å². The summed E-state index contributed by atoms with van der Waals surface area (Å²) in [5.74, 6) is 1.05. The minimum atomic E-state index is 0.920. The second-order valence-electron chi connectivity index (χ2n) is 6.28. The summed E-state index contributed by atoms with van der Waals surface area (Å²) in [4.78, 5) is 18.7. The molecule has 0 aromatic carbocycles. The molecule has 4 rings (SSSR count). The predicted molar refractivity (Wildman–Crippen MR) is 94.0 cm³/mol. The van der Waals surface area contributed by atoms with Crippen LogP contribution in [0, 0.1) is 0 Å². The first-order valence-corrected chi connectivity index (χ1v) is 8.35. The highest BCUT2D eigenvalue weighted by atomic mass is 15.3. The van der Waals surface area contributed by atoms with E-state index in [4.69, 9.17) is 0 Å². The van der Waals surface area contributed by atoms with Crippen LogP contribution in [0.5, 0.6) is 0 Å². The lowest BCUT2D eigenvalue weighted by atomic mass is 10.3. The maximum Gasteiger partial charge on any atom is 0.142 e. The van der Waals surface area contributed by atoms with Crippen molar-refractivity contribution in [3.63, 3.8) is 0 Å². The van der Waals surface area contributed by atoms with E-state index < -0.39 is 0 Å². The summed E-state index contributed by atoms with van der Waals surface area (Å²) in [5.41, 5.74) is 0.920. The Labute approximate surface area is 137 Å². The number of nitrogens with zero attached hydrogens (tertiary/aromatic N) is 5. The molecule has 0 unspecified atom stereocenters. The van der Waals surface area contributed by atoms with Crippen LogP contribution in [0.25, 0.3) is 11.0 Å². The van der Waals surface area contributed by atoms with Crippen molar-refractivity contribution in [2.24, 2.45) is 0 Å². The van der Waals surface area contributed by atoms with Crippen LogP contribution in [0.3, 0.4) is 0 Å². The fraction of sp³-hybridized carbons (Fsp3) is 0.625. The van der Waals surface area contributed by atoms with Crippen molar-refractivity contribution in [2.75, 3.05) is 71.4 Å². The van der Waals surface area contributed by atoms with Crippen molar-refractivity contribution in [3.05, 3.63) is 18.6 Å². The van der Waals surface area contributed by atoms with Gasteiger partial charge < -0.3 is 25.0 Å². The molecule has 2 fully saturated rings. The lowest BCUT2D eigenvalue weighted by Crippen LogP contribution is -2.44. The van der Waals surface area contributed by atoms with Crippen LogP contribution in [0.1, 0.15) is 0 Å². The molecule has 0 saturated carbocycles. The van der Waals surface area contributed by atoms with Crippen LogP contribution in [0.4, 0.5) is 5.82 Å². The minimum absolute atomic E-state index is 0.920. The SMILES string of the molecule is CN1CCN(c2ncnc3[nH]ccc23)CC1.CN1CCNCC1. The molecule has 2 N–H and O–H groups in total. The quantitative estimate of drug-likeness (QED) is 0.785. The van der Waals surface area contributed by atoms with Gasteiger partial charge in [-0.25, -0.2) is 9.97 Å². The molecule has 7 nitrogen and oxygen atoms in total. The first-order valence-electron chi connectivity index (χ1n) is 8.35. The van der Waals surface area contributed by atoms with Gasteiger partial charge in [0.1, 0.15) is 17.8 Å². The number of aromatic nitrogens is 3. The molecule has 0 aliphatic carbocycles. The zero-order valence-corrected chi connectivity index (χ0v) is 14.1. The number of rotatable bonds is 1. The van der Waals surface area contributed by atoms with Gasteiger partial charge in [0.15, 0.2) is 0 Å². The van der Waals surface area contributed by atoms with Gasteiger partial charge in [0.25, 0.3) is 0 Å². The number of H-pyrrole nitrogens is 1. The molecule has 2 aromatic heterocycles. The Balaban J connectivity index is 0.000000188. The molecule has 2 aliphatic rings. The predicted octanol–water partition coefficient (Wildman–Crippen LogP) is 0.231. The number of likely N-dealkylation sites (N-methyl/N-ethyl adjacent to an activating group) is 2. The molecule has 23 heavy (non-hydrogen) atoms. The Kier molecular flexibility index (Phi) is 5.43. The summed E-state index contributed by atoms with van der Waals surface area (Å²) in [6.45, 7) is 9.00. The number of nitrogens with one attached hydrogen (secondary N) is 2. The van der Waals surface area contributed by atoms with Gasteiger partial charge in [-0.3, -0.25) is 0 Å². The van der Waals surface area contributed by atoms with Crippen molar-refractivity contribution in [3.8, 4) is 0 Å². The molecular formula is C16H27N7. The van der Waals surface area contributed by atoms with E-state index in [9.17, 15) is 0 Å². The summed E-state index contributed by atoms with van der Waals surface area (Å²) in [7, 11) is 4.31. The smallest absolute Gasteiger partial charge is 0.142 e. The molecule has 0 bridgehead atoms. The third-order valence-electron chi connectivity index (χ3n) is 4.48. The molecule has 0 spiro atoms. The molecule has 0 radical (unpaired) electrons. The molecule has 0 amide bonds. The molecular weight excluding hydrogens is 290 g/mol. The number of fused-ring (bicyclic) bond motifs is 1. The third-order valence-corrected chi connectivity index (χ3v) is 4.48. The van der Waals surface area contributed by atoms with E-state index in [0.717, 1.165) is 56.1 Å². The summed E-state index contributed by atoms with van der Waals surface area (Å²) >= 11 is 0. The zero-order valence-electron chi connectivity index (χ0n) is 14.1. The second kappa shape index (κ2) is 7.72. The average molecular weight is 317 g/mol. The van der Waals surface area contributed by atoms with Crippen molar-refractivity contribution in [1.82, 2.24) is 30.1 Å². The van der Waals surface area contributed by atoms with Gasteiger partial charge in [-0.15, -0.1) is 0 Å². The van der Waals surface area contributed by atoms with Crippen LogP contribution < -0.4 is 10.2 Å². The van der Waals surface area contributed by atoms with Gasteiger partial charge in [-0.05, 0) is 20.2 Å². The van der Waals surface area contributed by atoms with E-state index in [1.54, 1.807) is 6.33 Å². The van der Waals surface area contributed by atoms with Crippen molar-refractivity contribution >= 4 is 16.9 Å². The highest BCUT2D eigenvalue weighted by Gasteiger charge is 2.17. The summed E-state index contributed by atoms with van der Waals surface area (Å²) in [6.07, 6.45) is 3.55. The lowest BCUT2D eigenvalue weighted by Gasteiger charge is -2.33. The highest BCUT2D eigenvalue weighted by molar-refractivity contribution is 5.87. The van der Waals surface area contributed by atoms with Crippen molar-refractivity contribution < 1.29 is 0 Å². The molecule has 4 heterocycles. The van der Waals surface area contributed by atoms with Crippen LogP contribution in [0.2, 0.25) is 0 Å². The van der Waals surface area contributed by atoms with Gasteiger partial charge in [0.2, 0.25) is 0 Å². The first-order chi connectivity index (χ1) is 11.2. The number of hydrogen-bond acceptors (Lipinski definition) is 6. The summed E-state index contributed by atoms with van der Waals surface area (Å²) in [6, 6.07) is 2.04. The van der Waals surface area contributed by atoms with Crippen LogP contribution in [0.15, 0.2) is 18.6 Å². The monoisotopic (exact) mass is 317 g/mol. The number of aromatic amines is 1. The Morgan fingerprint density at radius 3 is 2.26 bits per heavy atom. The van der Waals surface area contributed by atoms with Crippen LogP contribution in [-0.4, -0.2) is 91.2 Å². The largest absolute Gasteiger partial charge is 0.353 e. The summed E-state index contributed by atoms with van der Waals surface area (Å²) in [5, 5.41) is 4.39. The second-order valence-corrected chi connectivity index (χ2v) is 6.28. The fourth-order valence-electron chi connectivity index (χ4n) is 2.91. The van der Waals surface area contributed by atoms with E-state index in [1.807, 2.05) is 12.3 Å². The van der Waals surface area contributed by atoms with Gasteiger partial charge in [0.05, 0.1) is 5.39 Å². The van der Waals surface area contributed by atoms with E-state index in [1.165, 1.54) is 13.1 Å². The van der Waals surface area contributed by atoms with Crippen molar-refractivity contribution in [2.45, 2.75) is 0 Å².